The highest BCUT2D eigenvalue weighted by atomic mass is 19.4. The standard InChI is InChI=1S/C9H4F6N2/c10-5-3-4(1-2-16)6(9(13,14)15)7(17-5)8(11)12/h3,8H,1H2. The van der Waals surface area contributed by atoms with Crippen molar-refractivity contribution in [3.8, 4) is 6.07 Å². The smallest absolute Gasteiger partial charge is 0.218 e. The Balaban J connectivity index is 3.54. The van der Waals surface area contributed by atoms with Crippen LogP contribution in [0.2, 0.25) is 0 Å². The second-order valence-corrected chi connectivity index (χ2v) is 3.00. The minimum atomic E-state index is -5.11. The number of hydrogen-bond donors (Lipinski definition) is 0. The molecule has 92 valence electrons. The summed E-state index contributed by atoms with van der Waals surface area (Å²) >= 11 is 0. The molecule has 1 heterocycles. The van der Waals surface area contributed by atoms with Crippen molar-refractivity contribution in [2.45, 2.75) is 19.0 Å². The van der Waals surface area contributed by atoms with E-state index in [2.05, 4.69) is 4.98 Å². The van der Waals surface area contributed by atoms with Crippen molar-refractivity contribution >= 4 is 0 Å². The largest absolute Gasteiger partial charge is 0.418 e. The number of hydrogen-bond acceptors (Lipinski definition) is 2. The highest BCUT2D eigenvalue weighted by Crippen LogP contribution is 2.38. The van der Waals surface area contributed by atoms with Gasteiger partial charge < -0.3 is 0 Å². The molecule has 0 aliphatic carbocycles. The Morgan fingerprint density at radius 1 is 1.35 bits per heavy atom. The molecule has 0 radical (unpaired) electrons. The number of nitrogens with zero attached hydrogens (tertiary/aromatic N) is 2. The van der Waals surface area contributed by atoms with Crippen molar-refractivity contribution in [2.75, 3.05) is 0 Å². The summed E-state index contributed by atoms with van der Waals surface area (Å²) in [5, 5.41) is 8.28. The molecule has 0 N–H and O–H groups in total. The van der Waals surface area contributed by atoms with Crippen molar-refractivity contribution in [2.24, 2.45) is 0 Å². The van der Waals surface area contributed by atoms with Gasteiger partial charge in [-0.3, -0.25) is 0 Å². The molecular formula is C9H4F6N2. The average Bonchev–Trinajstić information content (AvgIpc) is 2.14. The van der Waals surface area contributed by atoms with Crippen LogP contribution in [0.5, 0.6) is 0 Å². The Morgan fingerprint density at radius 3 is 2.35 bits per heavy atom. The lowest BCUT2D eigenvalue weighted by atomic mass is 10.0. The molecule has 0 bridgehead atoms. The van der Waals surface area contributed by atoms with Gasteiger partial charge in [0.05, 0.1) is 18.1 Å². The molecule has 0 atom stereocenters. The number of rotatable bonds is 2. The van der Waals surface area contributed by atoms with Crippen LogP contribution < -0.4 is 0 Å². The van der Waals surface area contributed by atoms with Gasteiger partial charge in [0.1, 0.15) is 5.69 Å². The van der Waals surface area contributed by atoms with Crippen molar-refractivity contribution in [1.29, 1.82) is 5.26 Å². The summed E-state index contributed by atoms with van der Waals surface area (Å²) in [5.74, 6) is -1.47. The van der Waals surface area contributed by atoms with E-state index in [1.165, 1.54) is 6.07 Å². The molecule has 0 spiro atoms. The van der Waals surface area contributed by atoms with Crippen molar-refractivity contribution in [3.63, 3.8) is 0 Å². The topological polar surface area (TPSA) is 36.7 Å². The van der Waals surface area contributed by atoms with Crippen LogP contribution in [-0.4, -0.2) is 4.98 Å². The van der Waals surface area contributed by atoms with Gasteiger partial charge in [0.15, 0.2) is 0 Å². The monoisotopic (exact) mass is 254 g/mol. The zero-order valence-corrected chi connectivity index (χ0v) is 8.02. The van der Waals surface area contributed by atoms with E-state index in [4.69, 9.17) is 5.26 Å². The predicted molar refractivity (Wildman–Crippen MR) is 43.5 cm³/mol. The third-order valence-electron chi connectivity index (χ3n) is 1.86. The highest BCUT2D eigenvalue weighted by Gasteiger charge is 2.39. The van der Waals surface area contributed by atoms with Crippen molar-refractivity contribution in [1.82, 2.24) is 4.98 Å². The van der Waals surface area contributed by atoms with Crippen LogP contribution in [-0.2, 0) is 12.6 Å². The molecule has 2 nitrogen and oxygen atoms in total. The lowest BCUT2D eigenvalue weighted by Crippen LogP contribution is -2.16. The molecule has 0 unspecified atom stereocenters. The number of nitriles is 1. The van der Waals surface area contributed by atoms with E-state index in [-0.39, 0.29) is 0 Å². The Labute approximate surface area is 91.5 Å². The SMILES string of the molecule is N#CCc1cc(F)nc(C(F)F)c1C(F)(F)F. The van der Waals surface area contributed by atoms with E-state index in [1.54, 1.807) is 0 Å². The van der Waals surface area contributed by atoms with Crippen LogP contribution in [0.15, 0.2) is 6.07 Å². The molecule has 8 heteroatoms. The summed E-state index contributed by atoms with van der Waals surface area (Å²) in [7, 11) is 0. The number of halogens is 6. The van der Waals surface area contributed by atoms with Gasteiger partial charge in [-0.25, -0.2) is 13.8 Å². The molecule has 0 amide bonds. The molecule has 1 aromatic heterocycles. The zero-order chi connectivity index (χ0) is 13.2. The van der Waals surface area contributed by atoms with E-state index >= 15 is 0 Å². The van der Waals surface area contributed by atoms with Crippen LogP contribution in [0.4, 0.5) is 26.3 Å². The third kappa shape index (κ3) is 2.87. The lowest BCUT2D eigenvalue weighted by molar-refractivity contribution is -0.140. The normalized spacial score (nSPS) is 11.6. The maximum atomic E-state index is 12.8. The van der Waals surface area contributed by atoms with E-state index in [0.717, 1.165) is 0 Å². The molecule has 0 saturated carbocycles. The Morgan fingerprint density at radius 2 is 1.94 bits per heavy atom. The van der Waals surface area contributed by atoms with Crippen molar-refractivity contribution in [3.05, 3.63) is 28.8 Å². The van der Waals surface area contributed by atoms with E-state index in [0.29, 0.717) is 6.07 Å². The second kappa shape index (κ2) is 4.61. The fourth-order valence-electron chi connectivity index (χ4n) is 1.29. The van der Waals surface area contributed by atoms with Crippen LogP contribution in [0.25, 0.3) is 0 Å². The fourth-order valence-corrected chi connectivity index (χ4v) is 1.29. The quantitative estimate of drug-likeness (QED) is 0.600. The van der Waals surface area contributed by atoms with Gasteiger partial charge in [-0.15, -0.1) is 0 Å². The summed E-state index contributed by atoms with van der Waals surface area (Å²) in [6.07, 6.45) is -9.51. The maximum absolute atomic E-state index is 12.8. The van der Waals surface area contributed by atoms with Crippen LogP contribution in [0.1, 0.15) is 23.2 Å². The van der Waals surface area contributed by atoms with Crippen LogP contribution >= 0.6 is 0 Å². The fraction of sp³-hybridized carbons (Fsp3) is 0.333. The van der Waals surface area contributed by atoms with Gasteiger partial charge in [0.2, 0.25) is 5.95 Å². The predicted octanol–water partition coefficient (Wildman–Crippen LogP) is 3.24. The first kappa shape index (κ1) is 13.3. The molecule has 0 aliphatic heterocycles. The number of aromatic nitrogens is 1. The molecule has 0 aliphatic rings. The van der Waals surface area contributed by atoms with Crippen LogP contribution in [0, 0.1) is 17.3 Å². The lowest BCUT2D eigenvalue weighted by Gasteiger charge is -2.14. The Hall–Kier alpha value is -1.78. The summed E-state index contributed by atoms with van der Waals surface area (Å²) in [6.45, 7) is 0. The van der Waals surface area contributed by atoms with E-state index < -0.39 is 41.8 Å². The molecule has 0 saturated heterocycles. The average molecular weight is 254 g/mol. The first-order chi connectivity index (χ1) is 7.77. The van der Waals surface area contributed by atoms with Gasteiger partial charge in [0.25, 0.3) is 6.43 Å². The van der Waals surface area contributed by atoms with Gasteiger partial charge in [-0.1, -0.05) is 0 Å². The summed E-state index contributed by atoms with van der Waals surface area (Å²) < 4.78 is 75.0. The maximum Gasteiger partial charge on any atom is 0.418 e. The Bertz CT molecular complexity index is 460. The highest BCUT2D eigenvalue weighted by molar-refractivity contribution is 5.35. The van der Waals surface area contributed by atoms with Crippen LogP contribution in [0.3, 0.4) is 0 Å². The van der Waals surface area contributed by atoms with Gasteiger partial charge >= 0.3 is 6.18 Å². The van der Waals surface area contributed by atoms with Gasteiger partial charge in [-0.05, 0) is 11.6 Å². The molecule has 0 aromatic carbocycles. The van der Waals surface area contributed by atoms with E-state index in [1.807, 2.05) is 0 Å². The minimum Gasteiger partial charge on any atom is -0.218 e. The van der Waals surface area contributed by atoms with Gasteiger partial charge in [0, 0.05) is 0 Å². The third-order valence-corrected chi connectivity index (χ3v) is 1.86. The first-order valence-electron chi connectivity index (χ1n) is 4.19. The van der Waals surface area contributed by atoms with Crippen molar-refractivity contribution < 1.29 is 26.3 Å². The zero-order valence-electron chi connectivity index (χ0n) is 8.02. The molecule has 1 rings (SSSR count). The summed E-state index contributed by atoms with van der Waals surface area (Å²) in [6, 6.07) is 1.68. The second-order valence-electron chi connectivity index (χ2n) is 3.00. The van der Waals surface area contributed by atoms with E-state index in [9.17, 15) is 26.3 Å². The summed E-state index contributed by atoms with van der Waals surface area (Å²) in [4.78, 5) is 2.54. The number of alkyl halides is 5. The molecule has 0 fully saturated rings. The molecular weight excluding hydrogens is 250 g/mol. The number of pyridine rings is 1. The molecule has 1 aromatic rings. The Kier molecular flexibility index (Phi) is 3.60. The molecule has 17 heavy (non-hydrogen) atoms. The first-order valence-corrected chi connectivity index (χ1v) is 4.19. The van der Waals surface area contributed by atoms with Gasteiger partial charge in [-0.2, -0.15) is 22.8 Å². The minimum absolute atomic E-state index is 0.331. The summed E-state index contributed by atoms with van der Waals surface area (Å²) in [5.41, 5.74) is -4.28.